The van der Waals surface area contributed by atoms with Gasteiger partial charge in [0, 0.05) is 23.7 Å². The van der Waals surface area contributed by atoms with Gasteiger partial charge >= 0.3 is 0 Å². The van der Waals surface area contributed by atoms with Gasteiger partial charge in [0.2, 0.25) is 11.9 Å². The number of halogens is 1. The summed E-state index contributed by atoms with van der Waals surface area (Å²) in [7, 11) is -3.69. The van der Waals surface area contributed by atoms with Crippen molar-refractivity contribution in [2.45, 2.75) is 18.7 Å². The van der Waals surface area contributed by atoms with Crippen LogP contribution in [0, 0.1) is 13.8 Å². The summed E-state index contributed by atoms with van der Waals surface area (Å²) in [4.78, 5) is 0.139. The van der Waals surface area contributed by atoms with Crippen molar-refractivity contribution in [3.8, 4) is 0 Å². The highest BCUT2D eigenvalue weighted by atomic mass is 35.5. The van der Waals surface area contributed by atoms with Crippen LogP contribution >= 0.6 is 11.6 Å². The number of rotatable bonds is 3. The maximum absolute atomic E-state index is 12.4. The van der Waals surface area contributed by atoms with Crippen LogP contribution in [0.15, 0.2) is 41.4 Å². The molecular formula is C13H15ClN3O2S+. The Hall–Kier alpha value is -1.79. The molecule has 0 aliphatic rings. The van der Waals surface area contributed by atoms with Gasteiger partial charge in [-0.2, -0.15) is 0 Å². The van der Waals surface area contributed by atoms with Crippen molar-refractivity contribution in [1.29, 1.82) is 0 Å². The predicted octanol–water partition coefficient (Wildman–Crippen LogP) is 1.76. The summed E-state index contributed by atoms with van der Waals surface area (Å²) < 4.78 is 28.5. The first-order valence-electron chi connectivity index (χ1n) is 5.86. The van der Waals surface area contributed by atoms with Crippen LogP contribution in [0.5, 0.6) is 0 Å². The summed E-state index contributed by atoms with van der Waals surface area (Å²) in [5.74, 6) is 5.71. The molecule has 20 heavy (non-hydrogen) atoms. The van der Waals surface area contributed by atoms with E-state index in [1.807, 2.05) is 0 Å². The zero-order valence-corrected chi connectivity index (χ0v) is 12.7. The molecule has 0 bridgehead atoms. The highest BCUT2D eigenvalue weighted by Gasteiger charge is 2.22. The second-order valence-corrected chi connectivity index (χ2v) is 6.57. The van der Waals surface area contributed by atoms with Gasteiger partial charge in [-0.1, -0.05) is 16.3 Å². The molecule has 0 aliphatic carbocycles. The van der Waals surface area contributed by atoms with E-state index >= 15 is 0 Å². The SMILES string of the molecule is Cc1cc(C)[n+](N)cc1S(=O)(=O)Nc1ccc(Cl)cc1. The fourth-order valence-corrected chi connectivity index (χ4v) is 3.22. The van der Waals surface area contributed by atoms with Gasteiger partial charge in [-0.15, -0.1) is 0 Å². The number of hydrogen-bond acceptors (Lipinski definition) is 3. The van der Waals surface area contributed by atoms with E-state index in [4.69, 9.17) is 17.4 Å². The summed E-state index contributed by atoms with van der Waals surface area (Å²) in [6.45, 7) is 3.53. The lowest BCUT2D eigenvalue weighted by atomic mass is 10.2. The largest absolute Gasteiger partial charge is 0.279 e. The maximum Gasteiger partial charge on any atom is 0.268 e. The van der Waals surface area contributed by atoms with Crippen molar-refractivity contribution in [1.82, 2.24) is 0 Å². The molecule has 7 heteroatoms. The Kier molecular flexibility index (Phi) is 3.87. The Morgan fingerprint density at radius 2 is 1.80 bits per heavy atom. The van der Waals surface area contributed by atoms with Gasteiger partial charge < -0.3 is 0 Å². The molecule has 2 rings (SSSR count). The zero-order chi connectivity index (χ0) is 14.9. The lowest BCUT2D eigenvalue weighted by Crippen LogP contribution is -2.47. The molecule has 0 atom stereocenters. The summed E-state index contributed by atoms with van der Waals surface area (Å²) in [5, 5.41) is 0.541. The van der Waals surface area contributed by atoms with E-state index in [2.05, 4.69) is 4.72 Å². The molecule has 106 valence electrons. The molecule has 0 aliphatic heterocycles. The third-order valence-electron chi connectivity index (χ3n) is 2.86. The number of sulfonamides is 1. The normalized spacial score (nSPS) is 11.3. The minimum atomic E-state index is -3.69. The Morgan fingerprint density at radius 1 is 1.20 bits per heavy atom. The molecule has 3 N–H and O–H groups in total. The minimum absolute atomic E-state index is 0.139. The van der Waals surface area contributed by atoms with Gasteiger partial charge in [0.05, 0.1) is 0 Å². The molecule has 0 spiro atoms. The van der Waals surface area contributed by atoms with Crippen LogP contribution in [0.25, 0.3) is 0 Å². The molecule has 1 aromatic carbocycles. The summed E-state index contributed by atoms with van der Waals surface area (Å²) in [5.41, 5.74) is 1.84. The summed E-state index contributed by atoms with van der Waals surface area (Å²) in [6, 6.07) is 8.14. The first-order valence-corrected chi connectivity index (χ1v) is 7.72. The fraction of sp³-hybridized carbons (Fsp3) is 0.154. The van der Waals surface area contributed by atoms with Gasteiger partial charge in [0.25, 0.3) is 10.0 Å². The van der Waals surface area contributed by atoms with E-state index < -0.39 is 10.0 Å². The molecule has 0 amide bonds. The number of anilines is 1. The van der Waals surface area contributed by atoms with E-state index in [0.29, 0.717) is 16.3 Å². The summed E-state index contributed by atoms with van der Waals surface area (Å²) in [6.07, 6.45) is 1.39. The molecular weight excluding hydrogens is 298 g/mol. The third kappa shape index (κ3) is 3.02. The standard InChI is InChI=1S/C13H15ClN3O2S/c1-9-7-10(2)17(15)8-13(9)20(18,19)16-12-5-3-11(14)4-6-12/h3-8,16H,15H2,1-2H3/q+1. The van der Waals surface area contributed by atoms with Crippen molar-refractivity contribution >= 4 is 27.3 Å². The molecule has 0 saturated heterocycles. The quantitative estimate of drug-likeness (QED) is 0.670. The van der Waals surface area contributed by atoms with Crippen molar-refractivity contribution in [3.05, 3.63) is 52.8 Å². The number of aromatic nitrogens is 1. The minimum Gasteiger partial charge on any atom is -0.279 e. The first kappa shape index (κ1) is 14.6. The van der Waals surface area contributed by atoms with Crippen molar-refractivity contribution in [2.24, 2.45) is 0 Å². The Bertz CT molecular complexity index is 743. The van der Waals surface area contributed by atoms with Gasteiger partial charge in [-0.3, -0.25) is 4.72 Å². The fourth-order valence-electron chi connectivity index (χ4n) is 1.80. The lowest BCUT2D eigenvalue weighted by molar-refractivity contribution is -0.647. The maximum atomic E-state index is 12.4. The van der Waals surface area contributed by atoms with E-state index in [9.17, 15) is 8.42 Å². The van der Waals surface area contributed by atoms with E-state index in [-0.39, 0.29) is 4.90 Å². The van der Waals surface area contributed by atoms with Crippen molar-refractivity contribution < 1.29 is 13.1 Å². The number of aryl methyl sites for hydroxylation is 2. The number of nitrogen functional groups attached to an aromatic ring is 1. The molecule has 0 fully saturated rings. The van der Waals surface area contributed by atoms with Gasteiger partial charge in [-0.05, 0) is 36.8 Å². The highest BCUT2D eigenvalue weighted by molar-refractivity contribution is 7.92. The smallest absolute Gasteiger partial charge is 0.268 e. The van der Waals surface area contributed by atoms with Crippen molar-refractivity contribution in [3.63, 3.8) is 0 Å². The van der Waals surface area contributed by atoms with Crippen LogP contribution < -0.4 is 15.2 Å². The summed E-state index contributed by atoms with van der Waals surface area (Å²) >= 11 is 5.77. The van der Waals surface area contributed by atoms with Gasteiger partial charge in [-0.25, -0.2) is 14.3 Å². The monoisotopic (exact) mass is 312 g/mol. The average molecular weight is 313 g/mol. The number of benzene rings is 1. The van der Waals surface area contributed by atoms with E-state index in [1.54, 1.807) is 44.2 Å². The molecule has 0 saturated carbocycles. The van der Waals surface area contributed by atoms with E-state index in [0.717, 1.165) is 5.69 Å². The van der Waals surface area contributed by atoms with Crippen LogP contribution in [0.1, 0.15) is 11.3 Å². The molecule has 0 unspecified atom stereocenters. The Labute approximate surface area is 123 Å². The van der Waals surface area contributed by atoms with Crippen molar-refractivity contribution in [2.75, 3.05) is 10.6 Å². The third-order valence-corrected chi connectivity index (χ3v) is 4.63. The molecule has 2 aromatic rings. The predicted molar refractivity (Wildman–Crippen MR) is 78.5 cm³/mol. The number of nitrogens with zero attached hydrogens (tertiary/aromatic N) is 1. The molecule has 0 radical (unpaired) electrons. The van der Waals surface area contributed by atoms with Crippen LogP contribution in [0.2, 0.25) is 5.02 Å². The second-order valence-electron chi connectivity index (χ2n) is 4.48. The number of hydrogen-bond donors (Lipinski definition) is 2. The van der Waals surface area contributed by atoms with Gasteiger partial charge in [0.15, 0.2) is 4.90 Å². The molecule has 5 nitrogen and oxygen atoms in total. The average Bonchev–Trinajstić information content (AvgIpc) is 2.36. The first-order chi connectivity index (χ1) is 9.29. The van der Waals surface area contributed by atoms with E-state index in [1.165, 1.54) is 10.9 Å². The van der Waals surface area contributed by atoms with Gasteiger partial charge in [0.1, 0.15) is 0 Å². The highest BCUT2D eigenvalue weighted by Crippen LogP contribution is 2.19. The zero-order valence-electron chi connectivity index (χ0n) is 11.1. The second kappa shape index (κ2) is 5.30. The number of nitrogens with one attached hydrogen (secondary N) is 1. The number of pyridine rings is 1. The Morgan fingerprint density at radius 3 is 2.40 bits per heavy atom. The Balaban J connectivity index is 2.40. The van der Waals surface area contributed by atoms with Crippen LogP contribution in [0.4, 0.5) is 5.69 Å². The lowest BCUT2D eigenvalue weighted by Gasteiger charge is -2.09. The molecule has 1 heterocycles. The van der Waals surface area contributed by atoms with Crippen LogP contribution in [-0.2, 0) is 10.0 Å². The number of nitrogens with two attached hydrogens (primary N) is 1. The molecule has 1 aromatic heterocycles. The topological polar surface area (TPSA) is 76.1 Å². The van der Waals surface area contributed by atoms with Crippen LogP contribution in [0.3, 0.4) is 0 Å². The van der Waals surface area contributed by atoms with Crippen LogP contribution in [-0.4, -0.2) is 8.42 Å².